The van der Waals surface area contributed by atoms with Crippen molar-refractivity contribution in [2.75, 3.05) is 13.2 Å². The zero-order chi connectivity index (χ0) is 16.7. The predicted molar refractivity (Wildman–Crippen MR) is 96.7 cm³/mol. The van der Waals surface area contributed by atoms with E-state index in [0.29, 0.717) is 12.0 Å². The van der Waals surface area contributed by atoms with Gasteiger partial charge < -0.3 is 15.8 Å². The van der Waals surface area contributed by atoms with Gasteiger partial charge in [-0.1, -0.05) is 31.8 Å². The highest BCUT2D eigenvalue weighted by atomic mass is 16.5. The van der Waals surface area contributed by atoms with Crippen LogP contribution in [0.5, 0.6) is 0 Å². The lowest BCUT2D eigenvalue weighted by Gasteiger charge is -2.22. The van der Waals surface area contributed by atoms with Crippen LogP contribution in [0.3, 0.4) is 0 Å². The minimum Gasteiger partial charge on any atom is -0.397 e. The number of aryl methyl sites for hydroxylation is 1. The van der Waals surface area contributed by atoms with Crippen molar-refractivity contribution in [1.82, 2.24) is 5.32 Å². The van der Waals surface area contributed by atoms with Gasteiger partial charge in [0.15, 0.2) is 0 Å². The molecule has 3 N–H and O–H groups in total. The molecule has 23 heavy (non-hydrogen) atoms. The summed E-state index contributed by atoms with van der Waals surface area (Å²) in [5.41, 5.74) is 10.2. The third-order valence-corrected chi connectivity index (χ3v) is 3.92. The van der Waals surface area contributed by atoms with Gasteiger partial charge in [0, 0.05) is 36.4 Å². The molecule has 0 aromatic heterocycles. The number of ether oxygens (including phenoxy) is 1. The molecule has 3 heteroatoms. The molecule has 0 bridgehead atoms. The van der Waals surface area contributed by atoms with Gasteiger partial charge >= 0.3 is 0 Å². The van der Waals surface area contributed by atoms with Gasteiger partial charge in [-0.2, -0.15) is 0 Å². The molecule has 0 aliphatic carbocycles. The summed E-state index contributed by atoms with van der Waals surface area (Å²) in [6.45, 7) is 7.95. The molecule has 2 rings (SSSR count). The van der Waals surface area contributed by atoms with Gasteiger partial charge in [-0.15, -0.1) is 0 Å². The van der Waals surface area contributed by atoms with E-state index in [4.69, 9.17) is 10.5 Å². The van der Waals surface area contributed by atoms with Crippen molar-refractivity contribution in [3.05, 3.63) is 41.1 Å². The molecule has 1 saturated heterocycles. The Hall–Kier alpha value is -1.92. The highest BCUT2D eigenvalue weighted by Crippen LogP contribution is 2.16. The van der Waals surface area contributed by atoms with E-state index in [9.17, 15) is 0 Å². The smallest absolute Gasteiger partial charge is 0.0747 e. The third kappa shape index (κ3) is 5.65. The fourth-order valence-electron chi connectivity index (χ4n) is 2.64. The predicted octanol–water partition coefficient (Wildman–Crippen LogP) is 3.42. The van der Waals surface area contributed by atoms with Crippen molar-refractivity contribution >= 4 is 5.70 Å². The van der Waals surface area contributed by atoms with Crippen molar-refractivity contribution in [2.45, 2.75) is 46.1 Å². The lowest BCUT2D eigenvalue weighted by Crippen LogP contribution is -2.29. The van der Waals surface area contributed by atoms with Crippen LogP contribution in [0.1, 0.15) is 49.8 Å². The average Bonchev–Trinajstić information content (AvgIpc) is 2.54. The number of benzene rings is 1. The Bertz CT molecular complexity index is 602. The molecular formula is C20H28N2O. The molecule has 124 valence electrons. The Morgan fingerprint density at radius 2 is 2.26 bits per heavy atom. The molecule has 0 saturated carbocycles. The lowest BCUT2D eigenvalue weighted by molar-refractivity contribution is 0.0188. The molecule has 1 aromatic rings. The molecule has 1 aromatic carbocycles. The second-order valence-electron chi connectivity index (χ2n) is 6.45. The summed E-state index contributed by atoms with van der Waals surface area (Å²) in [5, 5.41) is 3.30. The number of rotatable bonds is 4. The highest BCUT2D eigenvalue weighted by Gasteiger charge is 2.12. The lowest BCUT2D eigenvalue weighted by atomic mass is 10.0. The van der Waals surface area contributed by atoms with E-state index in [2.05, 4.69) is 44.0 Å². The number of nitrogens with two attached hydrogens (primary N) is 1. The van der Waals surface area contributed by atoms with Crippen LogP contribution in [-0.4, -0.2) is 19.3 Å². The highest BCUT2D eigenvalue weighted by molar-refractivity contribution is 5.66. The van der Waals surface area contributed by atoms with Gasteiger partial charge in [-0.25, -0.2) is 0 Å². The van der Waals surface area contributed by atoms with E-state index in [0.717, 1.165) is 42.0 Å². The van der Waals surface area contributed by atoms with Crippen LogP contribution in [0, 0.1) is 24.7 Å². The molecule has 0 amide bonds. The molecule has 0 spiro atoms. The maximum absolute atomic E-state index is 6.21. The van der Waals surface area contributed by atoms with E-state index >= 15 is 0 Å². The van der Waals surface area contributed by atoms with Crippen molar-refractivity contribution in [2.24, 2.45) is 11.7 Å². The minimum atomic E-state index is 0.308. The number of hydrogen-bond acceptors (Lipinski definition) is 3. The van der Waals surface area contributed by atoms with E-state index in [-0.39, 0.29) is 0 Å². The Morgan fingerprint density at radius 3 is 2.91 bits per heavy atom. The van der Waals surface area contributed by atoms with E-state index in [1.165, 1.54) is 12.8 Å². The molecule has 0 radical (unpaired) electrons. The maximum Gasteiger partial charge on any atom is 0.0747 e. The largest absolute Gasteiger partial charge is 0.397 e. The van der Waals surface area contributed by atoms with Crippen molar-refractivity contribution < 1.29 is 4.74 Å². The summed E-state index contributed by atoms with van der Waals surface area (Å²) >= 11 is 0. The fourth-order valence-corrected chi connectivity index (χ4v) is 2.64. The third-order valence-electron chi connectivity index (χ3n) is 3.92. The first-order chi connectivity index (χ1) is 11.1. The summed E-state index contributed by atoms with van der Waals surface area (Å²) in [4.78, 5) is 0. The Balaban J connectivity index is 1.97. The summed E-state index contributed by atoms with van der Waals surface area (Å²) in [6.07, 6.45) is 5.76. The quantitative estimate of drug-likeness (QED) is 0.838. The van der Waals surface area contributed by atoms with Crippen molar-refractivity contribution in [1.29, 1.82) is 0 Å². The van der Waals surface area contributed by atoms with E-state index < -0.39 is 0 Å². The summed E-state index contributed by atoms with van der Waals surface area (Å²) < 4.78 is 5.70. The molecule has 1 unspecified atom stereocenters. The van der Waals surface area contributed by atoms with Gasteiger partial charge in [0.25, 0.3) is 0 Å². The molecule has 1 fully saturated rings. The fraction of sp³-hybridized carbons (Fsp3) is 0.500. The van der Waals surface area contributed by atoms with Gasteiger partial charge in [0.05, 0.1) is 11.8 Å². The molecular weight excluding hydrogens is 284 g/mol. The van der Waals surface area contributed by atoms with Crippen molar-refractivity contribution in [3.63, 3.8) is 0 Å². The average molecular weight is 312 g/mol. The SMILES string of the molecule is Cc1cc(C#CC(C)C)ccc1/C(N)=C/NCC1CCCCO1. The zero-order valence-corrected chi connectivity index (χ0v) is 14.5. The van der Waals surface area contributed by atoms with E-state index in [1.807, 2.05) is 18.3 Å². The maximum atomic E-state index is 6.21. The monoisotopic (exact) mass is 312 g/mol. The first kappa shape index (κ1) is 17.4. The zero-order valence-electron chi connectivity index (χ0n) is 14.5. The summed E-state index contributed by atoms with van der Waals surface area (Å²) in [5.74, 6) is 6.76. The van der Waals surface area contributed by atoms with Crippen LogP contribution in [0.4, 0.5) is 0 Å². The molecule has 3 nitrogen and oxygen atoms in total. The van der Waals surface area contributed by atoms with Gasteiger partial charge in [0.2, 0.25) is 0 Å². The normalized spacial score (nSPS) is 18.4. The molecule has 1 aliphatic rings. The van der Waals surface area contributed by atoms with Crippen molar-refractivity contribution in [3.8, 4) is 11.8 Å². The Morgan fingerprint density at radius 1 is 1.43 bits per heavy atom. The summed E-state index contributed by atoms with van der Waals surface area (Å²) in [7, 11) is 0. The second kappa shape index (κ2) is 8.64. The molecule has 1 aliphatic heterocycles. The van der Waals surface area contributed by atoms with Crippen LogP contribution >= 0.6 is 0 Å². The van der Waals surface area contributed by atoms with Gasteiger partial charge in [-0.05, 0) is 43.9 Å². The second-order valence-corrected chi connectivity index (χ2v) is 6.45. The van der Waals surface area contributed by atoms with Crippen LogP contribution in [0.15, 0.2) is 24.4 Å². The van der Waals surface area contributed by atoms with Crippen LogP contribution in [0.2, 0.25) is 0 Å². The van der Waals surface area contributed by atoms with Gasteiger partial charge in [-0.3, -0.25) is 0 Å². The molecule has 1 heterocycles. The first-order valence-electron chi connectivity index (χ1n) is 8.49. The number of nitrogens with one attached hydrogen (secondary N) is 1. The van der Waals surface area contributed by atoms with Crippen LogP contribution in [-0.2, 0) is 4.74 Å². The van der Waals surface area contributed by atoms with Crippen LogP contribution in [0.25, 0.3) is 5.70 Å². The molecule has 1 atom stereocenters. The minimum absolute atomic E-state index is 0.308. The first-order valence-corrected chi connectivity index (χ1v) is 8.49. The summed E-state index contributed by atoms with van der Waals surface area (Å²) in [6, 6.07) is 6.17. The Kier molecular flexibility index (Phi) is 6.55. The van der Waals surface area contributed by atoms with Gasteiger partial charge in [0.1, 0.15) is 0 Å². The van der Waals surface area contributed by atoms with Crippen LogP contribution < -0.4 is 11.1 Å². The topological polar surface area (TPSA) is 47.3 Å². The van der Waals surface area contributed by atoms with E-state index in [1.54, 1.807) is 0 Å². The number of hydrogen-bond donors (Lipinski definition) is 2. The Labute approximate surface area is 140 Å². The standard InChI is InChI=1S/C20H28N2O/c1-15(2)7-8-17-9-10-19(16(3)12-17)20(21)14-22-13-18-6-4-5-11-23-18/h9-10,12,14-15,18,22H,4-6,11,13,21H2,1-3H3/b20-14-.